The molecule has 0 amide bonds. The topological polar surface area (TPSA) is 112 Å². The molecule has 112 valence electrons. The molecule has 1 aromatic heterocycles. The highest BCUT2D eigenvalue weighted by Crippen LogP contribution is 2.27. The molecular weight excluding hydrogens is 369 g/mol. The van der Waals surface area contributed by atoms with E-state index in [9.17, 15) is 17.6 Å². The van der Waals surface area contributed by atoms with Crippen LogP contribution in [0.3, 0.4) is 0 Å². The lowest BCUT2D eigenvalue weighted by atomic mass is 10.3. The minimum absolute atomic E-state index is 0.0491. The summed E-state index contributed by atoms with van der Waals surface area (Å²) < 4.78 is 40.2. The van der Waals surface area contributed by atoms with Gasteiger partial charge in [-0.25, -0.2) is 17.6 Å². The van der Waals surface area contributed by atoms with Crippen molar-refractivity contribution in [2.45, 2.75) is 11.8 Å². The Hall–Kier alpha value is -1.94. The molecule has 3 N–H and O–H groups in total. The van der Waals surface area contributed by atoms with Crippen LogP contribution in [0.25, 0.3) is 0 Å². The van der Waals surface area contributed by atoms with Crippen molar-refractivity contribution in [2.75, 3.05) is 4.72 Å². The number of hydrogen-bond acceptors (Lipinski definition) is 4. The van der Waals surface area contributed by atoms with Gasteiger partial charge in [-0.15, -0.1) is 0 Å². The monoisotopic (exact) mass is 377 g/mol. The zero-order valence-electron chi connectivity index (χ0n) is 10.5. The number of nitrogens with zero attached hydrogens (tertiary/aromatic N) is 1. The fourth-order valence-electron chi connectivity index (χ4n) is 1.66. The fraction of sp³-hybridized carbons (Fsp3) is 0.0909. The van der Waals surface area contributed by atoms with Crippen molar-refractivity contribution in [1.29, 1.82) is 0 Å². The zero-order valence-corrected chi connectivity index (χ0v) is 12.9. The Morgan fingerprint density at radius 3 is 2.76 bits per heavy atom. The predicted molar refractivity (Wildman–Crippen MR) is 75.2 cm³/mol. The summed E-state index contributed by atoms with van der Waals surface area (Å²) in [4.78, 5) is 10.5. The number of H-pyrrole nitrogens is 1. The van der Waals surface area contributed by atoms with Crippen LogP contribution in [0.1, 0.15) is 16.2 Å². The Morgan fingerprint density at radius 2 is 2.14 bits per heavy atom. The van der Waals surface area contributed by atoms with Gasteiger partial charge in [0, 0.05) is 4.47 Å². The Labute approximate surface area is 127 Å². The van der Waals surface area contributed by atoms with Crippen molar-refractivity contribution in [3.8, 4) is 0 Å². The standard InChI is InChI=1S/C11H9BrFN3O4S/c1-5-10(9(11(17)18)15-14-5)21(19,20)16-8-4-6(13)2-3-7(8)12/h2-4,16H,1H3,(H,14,15)(H,17,18). The number of aromatic nitrogens is 2. The quantitative estimate of drug-likeness (QED) is 0.755. The molecule has 0 radical (unpaired) electrons. The molecule has 0 bridgehead atoms. The molecule has 1 heterocycles. The number of aromatic carboxylic acids is 1. The van der Waals surface area contributed by atoms with Crippen molar-refractivity contribution >= 4 is 37.6 Å². The third-order valence-corrected chi connectivity index (χ3v) is 4.75. The first-order chi connectivity index (χ1) is 9.72. The summed E-state index contributed by atoms with van der Waals surface area (Å²) in [5.74, 6) is -2.13. The number of carboxylic acid groups (broad SMARTS) is 1. The van der Waals surface area contributed by atoms with Crippen LogP contribution in [0.15, 0.2) is 27.6 Å². The summed E-state index contributed by atoms with van der Waals surface area (Å²) in [5.41, 5.74) is -0.619. The van der Waals surface area contributed by atoms with Crippen LogP contribution in [0.4, 0.5) is 10.1 Å². The number of aromatic amines is 1. The van der Waals surface area contributed by atoms with Crippen LogP contribution in [0.2, 0.25) is 0 Å². The van der Waals surface area contributed by atoms with E-state index in [1.807, 2.05) is 0 Å². The Morgan fingerprint density at radius 1 is 1.48 bits per heavy atom. The van der Waals surface area contributed by atoms with Crippen molar-refractivity contribution in [1.82, 2.24) is 10.2 Å². The van der Waals surface area contributed by atoms with Gasteiger partial charge in [0.1, 0.15) is 10.7 Å². The number of aryl methyl sites for hydroxylation is 1. The maximum atomic E-state index is 13.2. The van der Waals surface area contributed by atoms with Crippen LogP contribution >= 0.6 is 15.9 Å². The van der Waals surface area contributed by atoms with E-state index in [0.717, 1.165) is 12.1 Å². The highest BCUT2D eigenvalue weighted by atomic mass is 79.9. The van der Waals surface area contributed by atoms with Gasteiger partial charge in [-0.1, -0.05) is 0 Å². The molecule has 0 spiro atoms. The maximum Gasteiger partial charge on any atom is 0.357 e. The molecule has 0 aliphatic rings. The fourth-order valence-corrected chi connectivity index (χ4v) is 3.54. The van der Waals surface area contributed by atoms with Gasteiger partial charge in [-0.2, -0.15) is 5.10 Å². The molecule has 0 saturated heterocycles. The van der Waals surface area contributed by atoms with E-state index in [-0.39, 0.29) is 11.4 Å². The lowest BCUT2D eigenvalue weighted by molar-refractivity contribution is 0.0686. The molecular formula is C11H9BrFN3O4S. The van der Waals surface area contributed by atoms with E-state index in [2.05, 4.69) is 30.8 Å². The van der Waals surface area contributed by atoms with Crippen LogP contribution in [0, 0.1) is 12.7 Å². The van der Waals surface area contributed by atoms with E-state index >= 15 is 0 Å². The average molecular weight is 378 g/mol. The second kappa shape index (κ2) is 5.45. The molecule has 2 aromatic rings. The maximum absolute atomic E-state index is 13.2. The van der Waals surface area contributed by atoms with Gasteiger partial charge < -0.3 is 5.11 Å². The lowest BCUT2D eigenvalue weighted by Crippen LogP contribution is -2.17. The second-order valence-corrected chi connectivity index (χ2v) is 6.53. The van der Waals surface area contributed by atoms with Gasteiger partial charge in [0.2, 0.25) is 0 Å². The van der Waals surface area contributed by atoms with E-state index in [1.165, 1.54) is 13.0 Å². The molecule has 0 aliphatic heterocycles. The number of halogens is 2. The van der Waals surface area contributed by atoms with Gasteiger partial charge in [0.25, 0.3) is 10.0 Å². The summed E-state index contributed by atoms with van der Waals surface area (Å²) in [5, 5.41) is 14.7. The summed E-state index contributed by atoms with van der Waals surface area (Å²) in [6.45, 7) is 1.37. The van der Waals surface area contributed by atoms with E-state index in [1.54, 1.807) is 0 Å². The summed E-state index contributed by atoms with van der Waals surface area (Å²) >= 11 is 3.08. The molecule has 10 heteroatoms. The molecule has 0 atom stereocenters. The van der Waals surface area contributed by atoms with Crippen LogP contribution in [-0.2, 0) is 10.0 Å². The SMILES string of the molecule is Cc1[nH]nc(C(=O)O)c1S(=O)(=O)Nc1cc(F)ccc1Br. The Balaban J connectivity index is 2.51. The lowest BCUT2D eigenvalue weighted by Gasteiger charge is -2.10. The summed E-state index contributed by atoms with van der Waals surface area (Å²) in [6, 6.07) is 3.44. The van der Waals surface area contributed by atoms with Gasteiger partial charge in [-0.05, 0) is 41.1 Å². The number of nitrogens with one attached hydrogen (secondary N) is 2. The number of hydrogen-bond donors (Lipinski definition) is 3. The van der Waals surface area contributed by atoms with Crippen molar-refractivity contribution in [2.24, 2.45) is 0 Å². The minimum atomic E-state index is -4.24. The molecule has 0 unspecified atom stereocenters. The van der Waals surface area contributed by atoms with E-state index in [0.29, 0.717) is 4.47 Å². The third kappa shape index (κ3) is 3.05. The largest absolute Gasteiger partial charge is 0.476 e. The van der Waals surface area contributed by atoms with Crippen LogP contribution < -0.4 is 4.72 Å². The van der Waals surface area contributed by atoms with Gasteiger partial charge in [-0.3, -0.25) is 9.82 Å². The number of benzene rings is 1. The number of carbonyl (C=O) groups is 1. The Bertz CT molecular complexity index is 819. The second-order valence-electron chi connectivity index (χ2n) is 4.06. The number of anilines is 1. The first-order valence-electron chi connectivity index (χ1n) is 5.48. The zero-order chi connectivity index (χ0) is 15.8. The molecule has 0 saturated carbocycles. The smallest absolute Gasteiger partial charge is 0.357 e. The molecule has 2 rings (SSSR count). The summed E-state index contributed by atoms with van der Waals surface area (Å²) in [6.07, 6.45) is 0. The Kier molecular flexibility index (Phi) is 4.01. The third-order valence-electron chi connectivity index (χ3n) is 2.54. The molecule has 0 aliphatic carbocycles. The molecule has 7 nitrogen and oxygen atoms in total. The van der Waals surface area contributed by atoms with Crippen LogP contribution in [-0.4, -0.2) is 29.7 Å². The predicted octanol–water partition coefficient (Wildman–Crippen LogP) is 2.12. The number of sulfonamides is 1. The van der Waals surface area contributed by atoms with Gasteiger partial charge >= 0.3 is 5.97 Å². The highest BCUT2D eigenvalue weighted by molar-refractivity contribution is 9.10. The molecule has 1 aromatic carbocycles. The summed E-state index contributed by atoms with van der Waals surface area (Å²) in [7, 11) is -4.24. The van der Waals surface area contributed by atoms with Crippen molar-refractivity contribution in [3.05, 3.63) is 39.9 Å². The molecule has 21 heavy (non-hydrogen) atoms. The van der Waals surface area contributed by atoms with Gasteiger partial charge in [0.05, 0.1) is 11.4 Å². The first-order valence-corrected chi connectivity index (χ1v) is 7.76. The van der Waals surface area contributed by atoms with Gasteiger partial charge in [0.15, 0.2) is 5.69 Å². The van der Waals surface area contributed by atoms with E-state index < -0.39 is 32.4 Å². The van der Waals surface area contributed by atoms with Crippen molar-refractivity contribution in [3.63, 3.8) is 0 Å². The number of carboxylic acids is 1. The normalized spacial score (nSPS) is 11.4. The minimum Gasteiger partial charge on any atom is -0.476 e. The number of rotatable bonds is 4. The van der Waals surface area contributed by atoms with Crippen molar-refractivity contribution < 1.29 is 22.7 Å². The first kappa shape index (κ1) is 15.4. The van der Waals surface area contributed by atoms with Crippen LogP contribution in [0.5, 0.6) is 0 Å². The highest BCUT2D eigenvalue weighted by Gasteiger charge is 2.28. The molecule has 0 fully saturated rings. The van der Waals surface area contributed by atoms with E-state index in [4.69, 9.17) is 5.11 Å². The average Bonchev–Trinajstić information content (AvgIpc) is 2.76.